The summed E-state index contributed by atoms with van der Waals surface area (Å²) in [6, 6.07) is 3.84. The number of fused-ring (bicyclic) bond motifs is 3. The molecular formula is C12H11NO3. The highest BCUT2D eigenvalue weighted by Crippen LogP contribution is 2.37. The molecule has 0 atom stereocenters. The van der Waals surface area contributed by atoms with Crippen LogP contribution in [0, 0.1) is 0 Å². The molecule has 2 heterocycles. The molecule has 3 rings (SSSR count). The third-order valence-electron chi connectivity index (χ3n) is 2.95. The van der Waals surface area contributed by atoms with E-state index in [4.69, 9.17) is 9.47 Å². The van der Waals surface area contributed by atoms with Crippen LogP contribution in [0.15, 0.2) is 12.1 Å². The zero-order valence-electron chi connectivity index (χ0n) is 8.87. The second-order valence-corrected chi connectivity index (χ2v) is 3.75. The van der Waals surface area contributed by atoms with Crippen LogP contribution in [0.5, 0.6) is 11.5 Å². The Hall–Kier alpha value is -1.97. The highest BCUT2D eigenvalue weighted by Gasteiger charge is 2.20. The highest BCUT2D eigenvalue weighted by molar-refractivity contribution is 5.98. The van der Waals surface area contributed by atoms with Gasteiger partial charge in [-0.3, -0.25) is 4.79 Å². The summed E-state index contributed by atoms with van der Waals surface area (Å²) in [5.74, 6) is 1.51. The first-order valence-electron chi connectivity index (χ1n) is 5.14. The van der Waals surface area contributed by atoms with E-state index in [0.29, 0.717) is 18.1 Å². The molecule has 0 radical (unpaired) electrons. The number of ether oxygens (including phenoxy) is 2. The van der Waals surface area contributed by atoms with Gasteiger partial charge in [0.15, 0.2) is 12.0 Å². The Morgan fingerprint density at radius 2 is 2.38 bits per heavy atom. The van der Waals surface area contributed by atoms with E-state index in [1.807, 2.05) is 12.1 Å². The minimum atomic E-state index is 0.484. The first-order chi connectivity index (χ1) is 7.85. The molecule has 1 aromatic carbocycles. The number of aldehydes is 1. The van der Waals surface area contributed by atoms with Gasteiger partial charge >= 0.3 is 0 Å². The average Bonchev–Trinajstić information content (AvgIpc) is 2.91. The summed E-state index contributed by atoms with van der Waals surface area (Å²) in [4.78, 5) is 14.0. The second kappa shape index (κ2) is 3.27. The van der Waals surface area contributed by atoms with Crippen LogP contribution in [-0.2, 0) is 6.42 Å². The Kier molecular flexibility index (Phi) is 1.89. The van der Waals surface area contributed by atoms with Crippen LogP contribution in [0.2, 0.25) is 0 Å². The fraction of sp³-hybridized carbons (Fsp3) is 0.250. The number of nitrogens with one attached hydrogen (secondary N) is 1. The monoisotopic (exact) mass is 217 g/mol. The molecular weight excluding hydrogens is 206 g/mol. The van der Waals surface area contributed by atoms with E-state index >= 15 is 0 Å². The van der Waals surface area contributed by atoms with Crippen LogP contribution in [0.3, 0.4) is 0 Å². The summed E-state index contributed by atoms with van der Waals surface area (Å²) in [5, 5.41) is 0.939. The van der Waals surface area contributed by atoms with Crippen molar-refractivity contribution < 1.29 is 14.3 Å². The Morgan fingerprint density at radius 3 is 3.12 bits per heavy atom. The second-order valence-electron chi connectivity index (χ2n) is 3.75. The van der Waals surface area contributed by atoms with Gasteiger partial charge in [0.1, 0.15) is 11.4 Å². The summed E-state index contributed by atoms with van der Waals surface area (Å²) in [5.41, 5.74) is 2.57. The van der Waals surface area contributed by atoms with E-state index in [1.54, 1.807) is 7.11 Å². The van der Waals surface area contributed by atoms with E-state index in [1.165, 1.54) is 0 Å². The van der Waals surface area contributed by atoms with Crippen molar-refractivity contribution in [3.63, 3.8) is 0 Å². The number of carbonyl (C=O) groups excluding carboxylic acids is 1. The lowest BCUT2D eigenvalue weighted by Crippen LogP contribution is -1.87. The molecule has 0 bridgehead atoms. The van der Waals surface area contributed by atoms with Gasteiger partial charge in [-0.2, -0.15) is 0 Å². The third-order valence-corrected chi connectivity index (χ3v) is 2.95. The Bertz CT molecular complexity index is 571. The molecule has 0 saturated heterocycles. The third kappa shape index (κ3) is 1.07. The predicted octanol–water partition coefficient (Wildman–Crippen LogP) is 1.92. The Balaban J connectivity index is 2.38. The molecule has 0 amide bonds. The topological polar surface area (TPSA) is 51.3 Å². The first-order valence-corrected chi connectivity index (χ1v) is 5.14. The van der Waals surface area contributed by atoms with Crippen molar-refractivity contribution in [3.05, 3.63) is 23.4 Å². The van der Waals surface area contributed by atoms with Gasteiger partial charge in [-0.05, 0) is 12.1 Å². The van der Waals surface area contributed by atoms with E-state index in [2.05, 4.69) is 4.98 Å². The van der Waals surface area contributed by atoms with Crippen LogP contribution >= 0.6 is 0 Å². The maximum absolute atomic E-state index is 10.9. The van der Waals surface area contributed by atoms with E-state index in [9.17, 15) is 4.79 Å². The molecule has 0 fully saturated rings. The number of hydrogen-bond donors (Lipinski definition) is 1. The number of aromatic amines is 1. The first kappa shape index (κ1) is 9.27. The van der Waals surface area contributed by atoms with Crippen molar-refractivity contribution in [1.29, 1.82) is 0 Å². The lowest BCUT2D eigenvalue weighted by Gasteiger charge is -2.00. The molecule has 4 nitrogen and oxygen atoms in total. The van der Waals surface area contributed by atoms with Gasteiger partial charge in [-0.1, -0.05) is 0 Å². The van der Waals surface area contributed by atoms with Gasteiger partial charge in [0.25, 0.3) is 0 Å². The molecule has 1 N–H and O–H groups in total. The number of aromatic nitrogens is 1. The van der Waals surface area contributed by atoms with Crippen molar-refractivity contribution in [2.24, 2.45) is 0 Å². The van der Waals surface area contributed by atoms with E-state index < -0.39 is 0 Å². The van der Waals surface area contributed by atoms with Gasteiger partial charge in [0.05, 0.1) is 19.2 Å². The van der Waals surface area contributed by atoms with Gasteiger partial charge in [-0.25, -0.2) is 0 Å². The molecule has 1 aliphatic rings. The maximum Gasteiger partial charge on any atom is 0.170 e. The van der Waals surface area contributed by atoms with Crippen LogP contribution in [0.25, 0.3) is 10.9 Å². The fourth-order valence-corrected chi connectivity index (χ4v) is 2.25. The standard InChI is InChI=1S/C12H11NO3/c1-15-12-8-2-3-10-7(4-5-16-10)11(8)13-9(12)6-14/h2-3,6,13H,4-5H2,1H3. The number of methoxy groups -OCH3 is 1. The molecule has 0 unspecified atom stereocenters. The summed E-state index contributed by atoms with van der Waals surface area (Å²) in [7, 11) is 1.57. The van der Waals surface area contributed by atoms with Crippen LogP contribution in [0.4, 0.5) is 0 Å². The molecule has 1 aliphatic heterocycles. The highest BCUT2D eigenvalue weighted by atomic mass is 16.5. The molecule has 16 heavy (non-hydrogen) atoms. The maximum atomic E-state index is 10.9. The molecule has 2 aromatic rings. The molecule has 82 valence electrons. The van der Waals surface area contributed by atoms with Crippen LogP contribution < -0.4 is 9.47 Å². The Labute approximate surface area is 92.2 Å². The number of rotatable bonds is 2. The Morgan fingerprint density at radius 1 is 1.50 bits per heavy atom. The van der Waals surface area contributed by atoms with Crippen LogP contribution in [0.1, 0.15) is 16.1 Å². The smallest absolute Gasteiger partial charge is 0.170 e. The molecule has 0 saturated carbocycles. The number of H-pyrrole nitrogens is 1. The fourth-order valence-electron chi connectivity index (χ4n) is 2.25. The zero-order valence-corrected chi connectivity index (χ0v) is 8.87. The molecule has 1 aromatic heterocycles. The van der Waals surface area contributed by atoms with E-state index in [-0.39, 0.29) is 0 Å². The summed E-state index contributed by atoms with van der Waals surface area (Å²) in [6.07, 6.45) is 1.65. The van der Waals surface area contributed by atoms with Crippen molar-refractivity contribution in [1.82, 2.24) is 4.98 Å². The summed E-state index contributed by atoms with van der Waals surface area (Å²) >= 11 is 0. The summed E-state index contributed by atoms with van der Waals surface area (Å²) in [6.45, 7) is 0.701. The van der Waals surface area contributed by atoms with Gasteiger partial charge < -0.3 is 14.5 Å². The lowest BCUT2D eigenvalue weighted by molar-refractivity contribution is 0.111. The van der Waals surface area contributed by atoms with Crippen molar-refractivity contribution in [3.8, 4) is 11.5 Å². The van der Waals surface area contributed by atoms with E-state index in [0.717, 1.165) is 34.9 Å². The lowest BCUT2D eigenvalue weighted by atomic mass is 10.1. The minimum Gasteiger partial charge on any atom is -0.494 e. The molecule has 4 heteroatoms. The largest absolute Gasteiger partial charge is 0.494 e. The zero-order chi connectivity index (χ0) is 11.1. The normalized spacial score (nSPS) is 13.6. The molecule has 0 spiro atoms. The SMILES string of the molecule is COc1c(C=O)[nH]c2c3c(ccc12)OCC3. The van der Waals surface area contributed by atoms with Crippen LogP contribution in [-0.4, -0.2) is 25.0 Å². The minimum absolute atomic E-state index is 0.484. The van der Waals surface area contributed by atoms with Gasteiger partial charge in [0, 0.05) is 17.4 Å². The van der Waals surface area contributed by atoms with Crippen molar-refractivity contribution >= 4 is 17.2 Å². The average molecular weight is 217 g/mol. The van der Waals surface area contributed by atoms with Crippen molar-refractivity contribution in [2.45, 2.75) is 6.42 Å². The van der Waals surface area contributed by atoms with Crippen molar-refractivity contribution in [2.75, 3.05) is 13.7 Å². The van der Waals surface area contributed by atoms with Gasteiger partial charge in [-0.15, -0.1) is 0 Å². The van der Waals surface area contributed by atoms with Gasteiger partial charge in [0.2, 0.25) is 0 Å². The summed E-state index contributed by atoms with van der Waals surface area (Å²) < 4.78 is 10.7. The number of hydrogen-bond acceptors (Lipinski definition) is 3. The predicted molar refractivity (Wildman–Crippen MR) is 59.4 cm³/mol. The molecule has 0 aliphatic carbocycles. The quantitative estimate of drug-likeness (QED) is 0.782. The number of carbonyl (C=O) groups is 1. The number of benzene rings is 1.